The van der Waals surface area contributed by atoms with Gasteiger partial charge in [0.25, 0.3) is 0 Å². The molecule has 28 heavy (non-hydrogen) atoms. The van der Waals surface area contributed by atoms with E-state index in [1.54, 1.807) is 0 Å². The van der Waals surface area contributed by atoms with E-state index in [2.05, 4.69) is 34.5 Å². The molecule has 0 saturated carbocycles. The summed E-state index contributed by atoms with van der Waals surface area (Å²) in [5, 5.41) is 14.0. The molecule has 3 atom stereocenters. The number of ether oxygens (including phenoxy) is 1. The van der Waals surface area contributed by atoms with Crippen LogP contribution in [-0.4, -0.2) is 46.9 Å². The van der Waals surface area contributed by atoms with Crippen molar-refractivity contribution in [3.8, 4) is 0 Å². The Bertz CT molecular complexity index is 736. The van der Waals surface area contributed by atoms with Crippen LogP contribution in [0.2, 0.25) is 0 Å². The fourth-order valence-electron chi connectivity index (χ4n) is 3.80. The van der Waals surface area contributed by atoms with Gasteiger partial charge in [0, 0.05) is 19.1 Å². The minimum absolute atomic E-state index is 0.0827. The highest BCUT2D eigenvalue weighted by atomic mass is 16.6. The summed E-state index contributed by atoms with van der Waals surface area (Å²) in [6.07, 6.45) is 0.0977. The molecule has 0 radical (unpaired) electrons. The van der Waals surface area contributed by atoms with E-state index < -0.39 is 12.2 Å². The van der Waals surface area contributed by atoms with Gasteiger partial charge in [-0.05, 0) is 37.8 Å². The van der Waals surface area contributed by atoms with E-state index in [-0.39, 0.29) is 18.2 Å². The number of alkyl carbamates (subject to hydrolysis) is 1. The van der Waals surface area contributed by atoms with Gasteiger partial charge in [-0.2, -0.15) is 0 Å². The topological polar surface area (TPSA) is 61.8 Å². The summed E-state index contributed by atoms with van der Waals surface area (Å²) in [5.41, 5.74) is 2.40. The summed E-state index contributed by atoms with van der Waals surface area (Å²) in [6.45, 7) is 5.21. The van der Waals surface area contributed by atoms with Crippen LogP contribution in [-0.2, 0) is 17.7 Å². The molecular weight excluding hydrogens is 352 g/mol. The van der Waals surface area contributed by atoms with Gasteiger partial charge in [0.15, 0.2) is 0 Å². The Morgan fingerprint density at radius 3 is 2.32 bits per heavy atom. The highest BCUT2D eigenvalue weighted by Gasteiger charge is 2.38. The average Bonchev–Trinajstić information content (AvgIpc) is 2.68. The first-order chi connectivity index (χ1) is 13.5. The van der Waals surface area contributed by atoms with Crippen LogP contribution in [0.1, 0.15) is 31.4 Å². The average molecular weight is 383 g/mol. The van der Waals surface area contributed by atoms with Gasteiger partial charge in [-0.15, -0.1) is 0 Å². The molecule has 1 aliphatic heterocycles. The summed E-state index contributed by atoms with van der Waals surface area (Å²) >= 11 is 0. The highest BCUT2D eigenvalue weighted by Crippen LogP contribution is 2.24. The third-order valence-corrected chi connectivity index (χ3v) is 5.16. The second kappa shape index (κ2) is 9.71. The molecule has 1 heterocycles. The van der Waals surface area contributed by atoms with Crippen LogP contribution in [0.4, 0.5) is 4.79 Å². The molecular formula is C23H30N2O3. The van der Waals surface area contributed by atoms with Crippen LogP contribution in [0.3, 0.4) is 0 Å². The van der Waals surface area contributed by atoms with Crippen molar-refractivity contribution < 1.29 is 14.6 Å². The van der Waals surface area contributed by atoms with Crippen LogP contribution in [0.5, 0.6) is 0 Å². The Kier molecular flexibility index (Phi) is 7.06. The number of aliphatic hydroxyl groups excluding tert-OH is 1. The maximum absolute atomic E-state index is 12.0. The molecule has 0 aromatic heterocycles. The largest absolute Gasteiger partial charge is 0.447 e. The molecule has 0 spiro atoms. The predicted molar refractivity (Wildman–Crippen MR) is 110 cm³/mol. The molecule has 1 aliphatic rings. The molecule has 0 bridgehead atoms. The number of carbonyl (C=O) groups excluding carboxylic acids is 1. The number of amides is 1. The number of likely N-dealkylation sites (tertiary alicyclic amines) is 1. The lowest BCUT2D eigenvalue weighted by Gasteiger charge is -2.43. The first-order valence-corrected chi connectivity index (χ1v) is 10.00. The molecule has 0 aliphatic carbocycles. The van der Waals surface area contributed by atoms with Crippen LogP contribution >= 0.6 is 0 Å². The third-order valence-electron chi connectivity index (χ3n) is 5.16. The van der Waals surface area contributed by atoms with E-state index in [1.807, 2.05) is 50.2 Å². The number of nitrogens with one attached hydrogen (secondary N) is 1. The molecule has 5 nitrogen and oxygen atoms in total. The fourth-order valence-corrected chi connectivity index (χ4v) is 3.80. The van der Waals surface area contributed by atoms with Crippen molar-refractivity contribution in [3.63, 3.8) is 0 Å². The SMILES string of the molecule is CC(C)OC(=O)N[C@H]1CCN(Cc2ccccc2)C(Cc2ccccc2)[C@H]1O. The minimum Gasteiger partial charge on any atom is -0.447 e. The van der Waals surface area contributed by atoms with E-state index in [4.69, 9.17) is 4.74 Å². The Morgan fingerprint density at radius 2 is 1.71 bits per heavy atom. The van der Waals surface area contributed by atoms with Crippen molar-refractivity contribution in [1.82, 2.24) is 10.2 Å². The van der Waals surface area contributed by atoms with Crippen molar-refractivity contribution in [2.24, 2.45) is 0 Å². The van der Waals surface area contributed by atoms with Crippen LogP contribution in [0, 0.1) is 0 Å². The quantitative estimate of drug-likeness (QED) is 0.804. The van der Waals surface area contributed by atoms with Gasteiger partial charge in [-0.1, -0.05) is 60.7 Å². The van der Waals surface area contributed by atoms with E-state index >= 15 is 0 Å². The number of aliphatic hydroxyl groups is 1. The lowest BCUT2D eigenvalue weighted by atomic mass is 9.89. The summed E-state index contributed by atoms with van der Waals surface area (Å²) in [5.74, 6) is 0. The number of piperidine rings is 1. The van der Waals surface area contributed by atoms with Crippen LogP contribution < -0.4 is 5.32 Å². The number of hydrogen-bond acceptors (Lipinski definition) is 4. The van der Waals surface area contributed by atoms with Gasteiger partial charge in [-0.3, -0.25) is 4.90 Å². The number of carbonyl (C=O) groups is 1. The van der Waals surface area contributed by atoms with Gasteiger partial charge < -0.3 is 15.2 Å². The summed E-state index contributed by atoms with van der Waals surface area (Å²) in [4.78, 5) is 14.4. The Hall–Kier alpha value is -2.37. The molecule has 5 heteroatoms. The van der Waals surface area contributed by atoms with Crippen molar-refractivity contribution in [1.29, 1.82) is 0 Å². The van der Waals surface area contributed by atoms with Gasteiger partial charge in [-0.25, -0.2) is 4.79 Å². The van der Waals surface area contributed by atoms with Crippen molar-refractivity contribution >= 4 is 6.09 Å². The van der Waals surface area contributed by atoms with Gasteiger partial charge in [0.05, 0.1) is 18.2 Å². The molecule has 1 fully saturated rings. The second-order valence-corrected chi connectivity index (χ2v) is 7.70. The lowest BCUT2D eigenvalue weighted by molar-refractivity contribution is -0.0180. The van der Waals surface area contributed by atoms with E-state index in [9.17, 15) is 9.90 Å². The van der Waals surface area contributed by atoms with Crippen molar-refractivity contribution in [2.45, 2.75) is 57.5 Å². The van der Waals surface area contributed by atoms with Crippen molar-refractivity contribution in [2.75, 3.05) is 6.54 Å². The first-order valence-electron chi connectivity index (χ1n) is 10.00. The second-order valence-electron chi connectivity index (χ2n) is 7.70. The summed E-state index contributed by atoms with van der Waals surface area (Å²) in [6, 6.07) is 20.1. The Labute approximate surface area is 167 Å². The van der Waals surface area contributed by atoms with E-state index in [1.165, 1.54) is 11.1 Å². The Morgan fingerprint density at radius 1 is 1.11 bits per heavy atom. The molecule has 2 aromatic carbocycles. The zero-order chi connectivity index (χ0) is 19.9. The maximum atomic E-state index is 12.0. The lowest BCUT2D eigenvalue weighted by Crippen LogP contribution is -2.60. The molecule has 1 amide bonds. The van der Waals surface area contributed by atoms with Crippen LogP contribution in [0.25, 0.3) is 0 Å². The zero-order valence-electron chi connectivity index (χ0n) is 16.6. The molecule has 2 N–H and O–H groups in total. The summed E-state index contributed by atoms with van der Waals surface area (Å²) < 4.78 is 5.20. The number of benzene rings is 2. The maximum Gasteiger partial charge on any atom is 0.407 e. The molecule has 150 valence electrons. The summed E-state index contributed by atoms with van der Waals surface area (Å²) in [7, 11) is 0. The molecule has 2 aromatic rings. The molecule has 1 unspecified atom stereocenters. The zero-order valence-corrected chi connectivity index (χ0v) is 16.6. The molecule has 1 saturated heterocycles. The normalized spacial score (nSPS) is 22.8. The van der Waals surface area contributed by atoms with E-state index in [0.717, 1.165) is 19.5 Å². The minimum atomic E-state index is -0.669. The number of rotatable bonds is 6. The van der Waals surface area contributed by atoms with Crippen molar-refractivity contribution in [3.05, 3.63) is 71.8 Å². The van der Waals surface area contributed by atoms with E-state index in [0.29, 0.717) is 6.42 Å². The Balaban J connectivity index is 1.74. The fraction of sp³-hybridized carbons (Fsp3) is 0.435. The van der Waals surface area contributed by atoms with Gasteiger partial charge in [0.1, 0.15) is 0 Å². The third kappa shape index (κ3) is 5.57. The predicted octanol–water partition coefficient (Wildman–Crippen LogP) is 3.37. The van der Waals surface area contributed by atoms with Gasteiger partial charge >= 0.3 is 6.09 Å². The van der Waals surface area contributed by atoms with Gasteiger partial charge in [0.2, 0.25) is 0 Å². The number of nitrogens with zero attached hydrogens (tertiary/aromatic N) is 1. The van der Waals surface area contributed by atoms with Crippen LogP contribution in [0.15, 0.2) is 60.7 Å². The standard InChI is InChI=1S/C23H30N2O3/c1-17(2)28-23(27)24-20-13-14-25(16-19-11-7-4-8-12-19)21(22(20)26)15-18-9-5-3-6-10-18/h3-12,17,20-22,26H,13-16H2,1-2H3,(H,24,27)/t20-,21?,22-/m0/s1. The smallest absolute Gasteiger partial charge is 0.407 e. The first kappa shape index (κ1) is 20.4. The monoisotopic (exact) mass is 382 g/mol. The molecule has 3 rings (SSSR count). The number of hydrogen-bond donors (Lipinski definition) is 2. The highest BCUT2D eigenvalue weighted by molar-refractivity contribution is 5.67.